The van der Waals surface area contributed by atoms with Gasteiger partial charge in [-0.05, 0) is 25.7 Å². The van der Waals surface area contributed by atoms with Crippen molar-refractivity contribution in [3.8, 4) is 0 Å². The highest BCUT2D eigenvalue weighted by Crippen LogP contribution is 2.37. The van der Waals surface area contributed by atoms with Gasteiger partial charge in [-0.15, -0.1) is 0 Å². The Morgan fingerprint density at radius 2 is 2.18 bits per heavy atom. The van der Waals surface area contributed by atoms with Crippen LogP contribution < -0.4 is 0 Å². The van der Waals surface area contributed by atoms with Gasteiger partial charge >= 0.3 is 6.18 Å². The number of hydrogen-bond donors (Lipinski definition) is 1. The summed E-state index contributed by atoms with van der Waals surface area (Å²) in [4.78, 5) is 3.94. The van der Waals surface area contributed by atoms with Crippen LogP contribution in [0.25, 0.3) is 0 Å². The fraction of sp³-hybridized carbons (Fsp3) is 0.727. The van der Waals surface area contributed by atoms with Gasteiger partial charge in [-0.2, -0.15) is 13.2 Å². The number of aliphatic hydroxyl groups excluding tert-OH is 1. The van der Waals surface area contributed by atoms with Crippen LogP contribution in [0.2, 0.25) is 0 Å². The molecule has 0 aromatic carbocycles. The molecule has 6 heteroatoms. The first-order chi connectivity index (χ1) is 7.97. The molecule has 1 N–H and O–H groups in total. The average molecular weight is 248 g/mol. The fourth-order valence-corrected chi connectivity index (χ4v) is 1.87. The van der Waals surface area contributed by atoms with Crippen LogP contribution in [0.4, 0.5) is 13.2 Å². The standard InChI is InChI=1S/C11H15F3N2O/c12-11(13,14)5-1-2-10(17)9-6-15-7-16(9)8-3-4-8/h6-8,10,17H,1-5H2. The smallest absolute Gasteiger partial charge is 0.387 e. The predicted octanol–water partition coefficient (Wildman–Crippen LogP) is 2.98. The minimum atomic E-state index is -4.14. The van der Waals surface area contributed by atoms with Gasteiger partial charge in [0.1, 0.15) is 0 Å². The molecule has 0 saturated heterocycles. The van der Waals surface area contributed by atoms with Crippen molar-refractivity contribution in [3.05, 3.63) is 18.2 Å². The quantitative estimate of drug-likeness (QED) is 0.869. The van der Waals surface area contributed by atoms with Crippen molar-refractivity contribution >= 4 is 0 Å². The predicted molar refractivity (Wildman–Crippen MR) is 55.4 cm³/mol. The Morgan fingerprint density at radius 3 is 2.76 bits per heavy atom. The van der Waals surface area contributed by atoms with Crippen molar-refractivity contribution in [1.82, 2.24) is 9.55 Å². The van der Waals surface area contributed by atoms with Crippen molar-refractivity contribution in [1.29, 1.82) is 0 Å². The third-order valence-corrected chi connectivity index (χ3v) is 2.92. The maximum Gasteiger partial charge on any atom is 0.389 e. The second kappa shape index (κ2) is 4.68. The van der Waals surface area contributed by atoms with E-state index in [1.165, 1.54) is 6.20 Å². The fourth-order valence-electron chi connectivity index (χ4n) is 1.87. The lowest BCUT2D eigenvalue weighted by Gasteiger charge is -2.13. The highest BCUT2D eigenvalue weighted by Gasteiger charge is 2.29. The van der Waals surface area contributed by atoms with Crippen molar-refractivity contribution in [2.75, 3.05) is 0 Å². The number of imidazole rings is 1. The number of halogens is 3. The van der Waals surface area contributed by atoms with E-state index in [0.29, 0.717) is 11.7 Å². The number of hydrogen-bond acceptors (Lipinski definition) is 2. The molecule has 1 fully saturated rings. The van der Waals surface area contributed by atoms with Crippen molar-refractivity contribution in [2.24, 2.45) is 0 Å². The number of aromatic nitrogens is 2. The topological polar surface area (TPSA) is 38.1 Å². The summed E-state index contributed by atoms with van der Waals surface area (Å²) in [6.07, 6.45) is -0.481. The van der Waals surface area contributed by atoms with Crippen LogP contribution in [0.3, 0.4) is 0 Å². The van der Waals surface area contributed by atoms with Gasteiger partial charge in [0.2, 0.25) is 0 Å². The molecule has 17 heavy (non-hydrogen) atoms. The van der Waals surface area contributed by atoms with Crippen LogP contribution in [0, 0.1) is 0 Å². The Labute approximate surface area is 97.3 Å². The Bertz CT molecular complexity index is 371. The average Bonchev–Trinajstić information content (AvgIpc) is 2.94. The Balaban J connectivity index is 1.86. The number of aliphatic hydroxyl groups is 1. The van der Waals surface area contributed by atoms with Gasteiger partial charge in [-0.3, -0.25) is 0 Å². The molecular weight excluding hydrogens is 233 g/mol. The molecule has 0 radical (unpaired) electrons. The van der Waals surface area contributed by atoms with E-state index in [0.717, 1.165) is 12.8 Å². The lowest BCUT2D eigenvalue weighted by Crippen LogP contribution is -2.10. The van der Waals surface area contributed by atoms with Crippen LogP contribution >= 0.6 is 0 Å². The first kappa shape index (κ1) is 12.4. The van der Waals surface area contributed by atoms with Crippen LogP contribution in [-0.4, -0.2) is 20.8 Å². The van der Waals surface area contributed by atoms with Crippen molar-refractivity contribution in [3.63, 3.8) is 0 Å². The first-order valence-corrected chi connectivity index (χ1v) is 5.74. The van der Waals surface area contributed by atoms with E-state index < -0.39 is 18.7 Å². The summed E-state index contributed by atoms with van der Waals surface area (Å²) in [5.74, 6) is 0. The molecule has 0 amide bonds. The zero-order valence-corrected chi connectivity index (χ0v) is 9.32. The normalized spacial score (nSPS) is 18.4. The minimum Gasteiger partial charge on any atom is -0.387 e. The molecular formula is C11H15F3N2O. The van der Waals surface area contributed by atoms with Gasteiger partial charge in [0.25, 0.3) is 0 Å². The summed E-state index contributed by atoms with van der Waals surface area (Å²) in [6, 6.07) is 0.379. The molecule has 1 unspecified atom stereocenters. The number of nitrogens with zero attached hydrogens (tertiary/aromatic N) is 2. The van der Waals surface area contributed by atoms with Crippen molar-refractivity contribution < 1.29 is 18.3 Å². The molecule has 0 aliphatic heterocycles. The third-order valence-electron chi connectivity index (χ3n) is 2.92. The van der Waals surface area contributed by atoms with E-state index >= 15 is 0 Å². The minimum absolute atomic E-state index is 0.0550. The van der Waals surface area contributed by atoms with Gasteiger partial charge < -0.3 is 9.67 Å². The van der Waals surface area contributed by atoms with Crippen LogP contribution in [0.1, 0.15) is 49.9 Å². The van der Waals surface area contributed by atoms with E-state index in [2.05, 4.69) is 4.98 Å². The number of alkyl halides is 3. The highest BCUT2D eigenvalue weighted by atomic mass is 19.4. The Morgan fingerprint density at radius 1 is 1.47 bits per heavy atom. The summed E-state index contributed by atoms with van der Waals surface area (Å²) >= 11 is 0. The molecule has 2 rings (SSSR count). The van der Waals surface area contributed by atoms with Gasteiger partial charge in [-0.1, -0.05) is 0 Å². The van der Waals surface area contributed by atoms with E-state index in [1.54, 1.807) is 6.33 Å². The maximum absolute atomic E-state index is 12.0. The molecule has 1 heterocycles. The molecule has 1 aromatic rings. The summed E-state index contributed by atoms with van der Waals surface area (Å²) in [5, 5.41) is 9.84. The molecule has 0 spiro atoms. The third kappa shape index (κ3) is 3.46. The van der Waals surface area contributed by atoms with Crippen LogP contribution in [-0.2, 0) is 0 Å². The van der Waals surface area contributed by atoms with Gasteiger partial charge in [0, 0.05) is 12.5 Å². The monoisotopic (exact) mass is 248 g/mol. The number of rotatable bonds is 5. The SMILES string of the molecule is OC(CCCC(F)(F)F)c1cncn1C1CC1. The van der Waals surface area contributed by atoms with Gasteiger partial charge in [-0.25, -0.2) is 4.98 Å². The molecule has 1 aliphatic carbocycles. The second-order valence-electron chi connectivity index (χ2n) is 4.48. The van der Waals surface area contributed by atoms with Gasteiger partial charge in [0.05, 0.1) is 24.3 Å². The van der Waals surface area contributed by atoms with E-state index in [-0.39, 0.29) is 12.8 Å². The van der Waals surface area contributed by atoms with Crippen molar-refractivity contribution in [2.45, 2.75) is 50.4 Å². The van der Waals surface area contributed by atoms with E-state index in [9.17, 15) is 18.3 Å². The van der Waals surface area contributed by atoms with E-state index in [4.69, 9.17) is 0 Å². The molecule has 3 nitrogen and oxygen atoms in total. The zero-order chi connectivity index (χ0) is 12.5. The van der Waals surface area contributed by atoms with E-state index in [1.807, 2.05) is 4.57 Å². The molecule has 1 aromatic heterocycles. The molecule has 1 saturated carbocycles. The summed E-state index contributed by atoms with van der Waals surface area (Å²) in [5.41, 5.74) is 0.634. The summed E-state index contributed by atoms with van der Waals surface area (Å²) in [7, 11) is 0. The lowest BCUT2D eigenvalue weighted by atomic mass is 10.1. The summed E-state index contributed by atoms with van der Waals surface area (Å²) < 4.78 is 37.8. The largest absolute Gasteiger partial charge is 0.389 e. The Kier molecular flexibility index (Phi) is 3.42. The van der Waals surface area contributed by atoms with Crippen LogP contribution in [0.15, 0.2) is 12.5 Å². The molecule has 96 valence electrons. The molecule has 1 aliphatic rings. The lowest BCUT2D eigenvalue weighted by molar-refractivity contribution is -0.136. The highest BCUT2D eigenvalue weighted by molar-refractivity contribution is 5.06. The summed E-state index contributed by atoms with van der Waals surface area (Å²) in [6.45, 7) is 0. The first-order valence-electron chi connectivity index (χ1n) is 5.74. The van der Waals surface area contributed by atoms with Gasteiger partial charge in [0.15, 0.2) is 0 Å². The maximum atomic E-state index is 12.0. The van der Waals surface area contributed by atoms with Crippen LogP contribution in [0.5, 0.6) is 0 Å². The Hall–Kier alpha value is -1.04. The molecule has 1 atom stereocenters. The second-order valence-corrected chi connectivity index (χ2v) is 4.48. The zero-order valence-electron chi connectivity index (χ0n) is 9.32. The molecule has 0 bridgehead atoms.